The van der Waals surface area contributed by atoms with Crippen molar-refractivity contribution in [1.29, 1.82) is 0 Å². The average Bonchev–Trinajstić information content (AvgIpc) is 2.84. The van der Waals surface area contributed by atoms with Crippen LogP contribution in [0, 0.1) is 0 Å². The van der Waals surface area contributed by atoms with Crippen molar-refractivity contribution in [3.63, 3.8) is 0 Å². The van der Waals surface area contributed by atoms with Crippen LogP contribution in [0.1, 0.15) is 25.7 Å². The highest BCUT2D eigenvalue weighted by Gasteiger charge is 2.68. The standard InChI is InChI=1S/C26H26N4O8/c1-13-9-17(31)21-26(22(13)35)18(32)10-14(2)24(37)30(26)25(38)15(3)11-19(33)27-5-6-28-7-8-29(21)23(36)16(4)12-20(28)34/h21H,1-12H2,(H,27,33). The quantitative estimate of drug-likeness (QED) is 0.235. The van der Waals surface area contributed by atoms with Crippen LogP contribution < -0.4 is 5.32 Å². The second kappa shape index (κ2) is 9.43. The molecule has 0 radical (unpaired) electrons. The van der Waals surface area contributed by atoms with Gasteiger partial charge in [-0.25, -0.2) is 0 Å². The molecule has 4 aliphatic rings. The van der Waals surface area contributed by atoms with E-state index in [-0.39, 0.29) is 42.9 Å². The van der Waals surface area contributed by atoms with Crippen molar-refractivity contribution >= 4 is 46.9 Å². The van der Waals surface area contributed by atoms with E-state index in [0.29, 0.717) is 4.90 Å². The van der Waals surface area contributed by atoms with Gasteiger partial charge >= 0.3 is 0 Å². The van der Waals surface area contributed by atoms with E-state index in [1.165, 1.54) is 4.90 Å². The summed E-state index contributed by atoms with van der Waals surface area (Å²) in [6, 6.07) is -1.90. The number of nitrogens with one attached hydrogen (secondary N) is 1. The lowest BCUT2D eigenvalue weighted by molar-refractivity contribution is -0.172. The maximum Gasteiger partial charge on any atom is 0.257 e. The minimum Gasteiger partial charge on any atom is -0.354 e. The van der Waals surface area contributed by atoms with Crippen molar-refractivity contribution in [1.82, 2.24) is 20.0 Å². The number of nitrogens with zero attached hydrogens (tertiary/aromatic N) is 3. The Bertz CT molecular complexity index is 1310. The summed E-state index contributed by atoms with van der Waals surface area (Å²) >= 11 is 0. The lowest BCUT2D eigenvalue weighted by atomic mass is 9.65. The number of fused-ring (bicyclic) bond motifs is 4. The summed E-state index contributed by atoms with van der Waals surface area (Å²) in [5.74, 6) is -7.18. The first-order valence-corrected chi connectivity index (χ1v) is 11.9. The van der Waals surface area contributed by atoms with Gasteiger partial charge in [0.15, 0.2) is 22.9 Å². The van der Waals surface area contributed by atoms with E-state index in [2.05, 4.69) is 31.6 Å². The molecule has 2 atom stereocenters. The Hall–Kier alpha value is -4.48. The van der Waals surface area contributed by atoms with Crippen molar-refractivity contribution in [3.05, 3.63) is 48.6 Å². The minimum atomic E-state index is -2.78. The second-order valence-corrected chi connectivity index (χ2v) is 9.68. The maximum atomic E-state index is 13.9. The minimum absolute atomic E-state index is 0.00894. The number of piperidine rings is 1. The first-order chi connectivity index (χ1) is 17.8. The molecule has 5 amide bonds. The molecular weight excluding hydrogens is 496 g/mol. The number of carbonyl (C=O) groups excluding carboxylic acids is 8. The first-order valence-electron chi connectivity index (χ1n) is 11.9. The van der Waals surface area contributed by atoms with Crippen LogP contribution in [0.15, 0.2) is 48.6 Å². The number of amides is 5. The fraction of sp³-hybridized carbons (Fsp3) is 0.385. The molecule has 2 unspecified atom stereocenters. The van der Waals surface area contributed by atoms with Crippen molar-refractivity contribution < 1.29 is 38.4 Å². The fourth-order valence-electron chi connectivity index (χ4n) is 5.35. The SMILES string of the molecule is C=C1CC(=O)N2CCNC(=O)CC(=C)C(=O)N3C(=O)C(=C)CC(=O)C34C(=O)C(=C)CC(=O)C4N(CC2)C1=O. The van der Waals surface area contributed by atoms with Crippen LogP contribution in [-0.2, 0) is 38.4 Å². The van der Waals surface area contributed by atoms with Gasteiger partial charge < -0.3 is 15.1 Å². The summed E-state index contributed by atoms with van der Waals surface area (Å²) < 4.78 is 0. The average molecular weight is 523 g/mol. The molecular formula is C26H26N4O8. The lowest BCUT2D eigenvalue weighted by Crippen LogP contribution is -2.79. The topological polar surface area (TPSA) is 158 Å². The third kappa shape index (κ3) is 3.92. The van der Waals surface area contributed by atoms with Crippen molar-refractivity contribution in [2.75, 3.05) is 26.2 Å². The molecule has 198 valence electrons. The Balaban J connectivity index is 2.02. The Labute approximate surface area is 217 Å². The van der Waals surface area contributed by atoms with E-state index in [9.17, 15) is 38.4 Å². The van der Waals surface area contributed by atoms with Crippen LogP contribution in [0.3, 0.4) is 0 Å². The predicted octanol–water partition coefficient (Wildman–Crippen LogP) is -1.23. The van der Waals surface area contributed by atoms with Gasteiger partial charge in [-0.2, -0.15) is 0 Å². The zero-order valence-electron chi connectivity index (χ0n) is 20.7. The molecule has 12 nitrogen and oxygen atoms in total. The van der Waals surface area contributed by atoms with Gasteiger partial charge in [-0.3, -0.25) is 43.3 Å². The van der Waals surface area contributed by atoms with Gasteiger partial charge in [0.05, 0.1) is 12.8 Å². The summed E-state index contributed by atoms with van der Waals surface area (Å²) in [5, 5.41) is 2.55. The Morgan fingerprint density at radius 3 is 1.95 bits per heavy atom. The number of carbonyl (C=O) groups is 8. The number of imide groups is 1. The molecule has 1 spiro atoms. The molecule has 3 aliphatic heterocycles. The van der Waals surface area contributed by atoms with Crippen LogP contribution in [-0.4, -0.2) is 99.3 Å². The molecule has 1 aliphatic carbocycles. The van der Waals surface area contributed by atoms with E-state index < -0.39 is 89.7 Å². The van der Waals surface area contributed by atoms with Gasteiger partial charge in [-0.15, -0.1) is 0 Å². The van der Waals surface area contributed by atoms with Gasteiger partial charge in [-0.05, 0) is 5.57 Å². The summed E-state index contributed by atoms with van der Waals surface area (Å²) in [7, 11) is 0. The fourth-order valence-corrected chi connectivity index (χ4v) is 5.35. The van der Waals surface area contributed by atoms with Crippen LogP contribution in [0.5, 0.6) is 0 Å². The van der Waals surface area contributed by atoms with Crippen LogP contribution >= 0.6 is 0 Å². The van der Waals surface area contributed by atoms with E-state index in [4.69, 9.17) is 0 Å². The molecule has 1 N–H and O–H groups in total. The van der Waals surface area contributed by atoms with E-state index in [1.54, 1.807) is 0 Å². The lowest BCUT2D eigenvalue weighted by Gasteiger charge is -2.52. The normalized spacial score (nSPS) is 28.2. The number of hydrogen-bond donors (Lipinski definition) is 1. The molecule has 2 bridgehead atoms. The van der Waals surface area contributed by atoms with Crippen molar-refractivity contribution in [2.24, 2.45) is 0 Å². The number of ketones is 3. The zero-order chi connectivity index (χ0) is 28.1. The third-order valence-electron chi connectivity index (χ3n) is 7.20. The Morgan fingerprint density at radius 1 is 0.684 bits per heavy atom. The zero-order valence-corrected chi connectivity index (χ0v) is 20.7. The van der Waals surface area contributed by atoms with E-state index in [0.717, 1.165) is 4.90 Å². The largest absolute Gasteiger partial charge is 0.354 e. The summed E-state index contributed by atoms with van der Waals surface area (Å²) in [5.41, 5.74) is -4.07. The molecule has 1 saturated carbocycles. The smallest absolute Gasteiger partial charge is 0.257 e. The molecule has 38 heavy (non-hydrogen) atoms. The monoisotopic (exact) mass is 522 g/mol. The van der Waals surface area contributed by atoms with Crippen molar-refractivity contribution in [3.8, 4) is 0 Å². The molecule has 0 aromatic rings. The second-order valence-electron chi connectivity index (χ2n) is 9.68. The predicted molar refractivity (Wildman–Crippen MR) is 130 cm³/mol. The van der Waals surface area contributed by atoms with Crippen molar-refractivity contribution in [2.45, 2.75) is 37.3 Å². The molecule has 4 rings (SSSR count). The first kappa shape index (κ1) is 26.6. The number of Topliss-reactive ketones (excluding diaryl/α,β-unsaturated/α-hetero) is 3. The highest BCUT2D eigenvalue weighted by molar-refractivity contribution is 6.34. The molecule has 3 heterocycles. The summed E-state index contributed by atoms with van der Waals surface area (Å²) in [6.45, 7) is 14.0. The Kier molecular flexibility index (Phi) is 6.60. The summed E-state index contributed by atoms with van der Waals surface area (Å²) in [4.78, 5) is 110. The van der Waals surface area contributed by atoms with Gasteiger partial charge in [0.2, 0.25) is 17.7 Å². The molecule has 12 heteroatoms. The van der Waals surface area contributed by atoms with Crippen LogP contribution in [0.4, 0.5) is 0 Å². The van der Waals surface area contributed by atoms with Gasteiger partial charge in [0.25, 0.3) is 11.8 Å². The third-order valence-corrected chi connectivity index (χ3v) is 7.20. The number of rotatable bonds is 0. The van der Waals surface area contributed by atoms with E-state index >= 15 is 0 Å². The van der Waals surface area contributed by atoms with Gasteiger partial charge in [-0.1, -0.05) is 26.3 Å². The molecule has 4 fully saturated rings. The highest BCUT2D eigenvalue weighted by Crippen LogP contribution is 2.42. The van der Waals surface area contributed by atoms with E-state index in [1.807, 2.05) is 0 Å². The summed E-state index contributed by atoms with van der Waals surface area (Å²) in [6.07, 6.45) is -2.20. The molecule has 0 aromatic carbocycles. The maximum absolute atomic E-state index is 13.9. The molecule has 3 saturated heterocycles. The molecule has 0 aromatic heterocycles. The van der Waals surface area contributed by atoms with Gasteiger partial charge in [0, 0.05) is 55.7 Å². The van der Waals surface area contributed by atoms with Gasteiger partial charge in [0.1, 0.15) is 6.04 Å². The Morgan fingerprint density at radius 2 is 1.29 bits per heavy atom. The number of hydrogen-bond acceptors (Lipinski definition) is 8. The highest BCUT2D eigenvalue weighted by atomic mass is 16.2. The van der Waals surface area contributed by atoms with Crippen LogP contribution in [0.2, 0.25) is 0 Å². The van der Waals surface area contributed by atoms with Crippen LogP contribution in [0.25, 0.3) is 0 Å².